The summed E-state index contributed by atoms with van der Waals surface area (Å²) >= 11 is 0. The van der Waals surface area contributed by atoms with E-state index in [2.05, 4.69) is 10.3 Å². The van der Waals surface area contributed by atoms with E-state index in [1.807, 2.05) is 22.9 Å². The number of esters is 1. The molecular formula is C20H19N3O3. The minimum Gasteiger partial charge on any atom is -0.462 e. The fourth-order valence-corrected chi connectivity index (χ4v) is 2.53. The van der Waals surface area contributed by atoms with E-state index in [1.54, 1.807) is 55.8 Å². The van der Waals surface area contributed by atoms with Gasteiger partial charge in [-0.3, -0.25) is 4.79 Å². The minimum atomic E-state index is -0.459. The number of carbonyl (C=O) groups excluding carboxylic acids is 2. The molecule has 0 aliphatic heterocycles. The summed E-state index contributed by atoms with van der Waals surface area (Å²) in [5.74, 6) is -0.741. The van der Waals surface area contributed by atoms with Crippen molar-refractivity contribution >= 4 is 17.6 Å². The van der Waals surface area contributed by atoms with Crippen LogP contribution in [0, 0.1) is 0 Å². The first-order valence-corrected chi connectivity index (χ1v) is 8.29. The number of rotatable bonds is 6. The SMILES string of the molecule is CCOC(=O)c1ccccc1NC(=O)c1ccc(Cn2ccnc2)cc1. The number of hydrogen-bond donors (Lipinski definition) is 1. The van der Waals surface area contributed by atoms with Crippen LogP contribution < -0.4 is 5.32 Å². The maximum absolute atomic E-state index is 12.5. The van der Waals surface area contributed by atoms with Crippen molar-refractivity contribution in [1.82, 2.24) is 9.55 Å². The van der Waals surface area contributed by atoms with Crippen molar-refractivity contribution in [2.24, 2.45) is 0 Å². The highest BCUT2D eigenvalue weighted by molar-refractivity contribution is 6.08. The molecule has 0 spiro atoms. The third-order valence-corrected chi connectivity index (χ3v) is 3.81. The Hall–Kier alpha value is -3.41. The van der Waals surface area contributed by atoms with Gasteiger partial charge in [0, 0.05) is 24.5 Å². The van der Waals surface area contributed by atoms with Crippen molar-refractivity contribution in [3.05, 3.63) is 83.9 Å². The number of benzene rings is 2. The highest BCUT2D eigenvalue weighted by atomic mass is 16.5. The maximum atomic E-state index is 12.5. The molecule has 1 heterocycles. The Morgan fingerprint density at radius 2 is 1.88 bits per heavy atom. The van der Waals surface area contributed by atoms with Gasteiger partial charge >= 0.3 is 5.97 Å². The number of imidazole rings is 1. The second kappa shape index (κ2) is 8.11. The van der Waals surface area contributed by atoms with E-state index < -0.39 is 5.97 Å². The molecule has 0 atom stereocenters. The van der Waals surface area contributed by atoms with E-state index in [-0.39, 0.29) is 12.5 Å². The first-order chi connectivity index (χ1) is 12.7. The average molecular weight is 349 g/mol. The smallest absolute Gasteiger partial charge is 0.340 e. The van der Waals surface area contributed by atoms with Gasteiger partial charge in [-0.15, -0.1) is 0 Å². The van der Waals surface area contributed by atoms with Crippen LogP contribution in [0.25, 0.3) is 0 Å². The van der Waals surface area contributed by atoms with Gasteiger partial charge in [0.05, 0.1) is 24.2 Å². The molecule has 0 unspecified atom stereocenters. The molecule has 0 fully saturated rings. The fraction of sp³-hybridized carbons (Fsp3) is 0.150. The molecule has 1 N–H and O–H groups in total. The van der Waals surface area contributed by atoms with E-state index in [0.29, 0.717) is 23.4 Å². The van der Waals surface area contributed by atoms with Crippen molar-refractivity contribution in [2.75, 3.05) is 11.9 Å². The molecule has 0 saturated heterocycles. The molecule has 2 aromatic carbocycles. The lowest BCUT2D eigenvalue weighted by atomic mass is 10.1. The largest absolute Gasteiger partial charge is 0.462 e. The van der Waals surface area contributed by atoms with Gasteiger partial charge in [0.2, 0.25) is 0 Å². The average Bonchev–Trinajstić information content (AvgIpc) is 3.16. The predicted octanol–water partition coefficient (Wildman–Crippen LogP) is 3.36. The maximum Gasteiger partial charge on any atom is 0.340 e. The Bertz CT molecular complexity index is 887. The summed E-state index contributed by atoms with van der Waals surface area (Å²) in [4.78, 5) is 28.5. The molecule has 0 saturated carbocycles. The Morgan fingerprint density at radius 1 is 1.12 bits per heavy atom. The summed E-state index contributed by atoms with van der Waals surface area (Å²) in [6.45, 7) is 2.71. The summed E-state index contributed by atoms with van der Waals surface area (Å²) in [6.07, 6.45) is 5.35. The number of para-hydroxylation sites is 1. The van der Waals surface area contributed by atoms with Crippen molar-refractivity contribution in [3.8, 4) is 0 Å². The van der Waals surface area contributed by atoms with E-state index in [9.17, 15) is 9.59 Å². The number of nitrogens with zero attached hydrogens (tertiary/aromatic N) is 2. The van der Waals surface area contributed by atoms with Gasteiger partial charge in [0.15, 0.2) is 0 Å². The van der Waals surface area contributed by atoms with E-state index in [0.717, 1.165) is 5.56 Å². The molecule has 0 bridgehead atoms. The molecular weight excluding hydrogens is 330 g/mol. The second-order valence-electron chi connectivity index (χ2n) is 5.65. The number of aromatic nitrogens is 2. The van der Waals surface area contributed by atoms with Gasteiger partial charge in [-0.25, -0.2) is 9.78 Å². The third kappa shape index (κ3) is 4.16. The molecule has 26 heavy (non-hydrogen) atoms. The Balaban J connectivity index is 1.71. The predicted molar refractivity (Wildman–Crippen MR) is 98.1 cm³/mol. The molecule has 0 aliphatic carbocycles. The molecule has 3 rings (SSSR count). The number of hydrogen-bond acceptors (Lipinski definition) is 4. The summed E-state index contributed by atoms with van der Waals surface area (Å²) < 4.78 is 6.97. The fourth-order valence-electron chi connectivity index (χ4n) is 2.53. The van der Waals surface area contributed by atoms with Crippen LogP contribution in [0.2, 0.25) is 0 Å². The summed E-state index contributed by atoms with van der Waals surface area (Å²) in [5.41, 5.74) is 2.34. The van der Waals surface area contributed by atoms with Crippen LogP contribution in [0.4, 0.5) is 5.69 Å². The zero-order valence-corrected chi connectivity index (χ0v) is 14.4. The zero-order chi connectivity index (χ0) is 18.4. The van der Waals surface area contributed by atoms with Gasteiger partial charge in [-0.05, 0) is 36.8 Å². The van der Waals surface area contributed by atoms with Gasteiger partial charge in [-0.1, -0.05) is 24.3 Å². The summed E-state index contributed by atoms with van der Waals surface area (Å²) in [5, 5.41) is 2.78. The summed E-state index contributed by atoms with van der Waals surface area (Å²) in [7, 11) is 0. The van der Waals surface area contributed by atoms with Gasteiger partial charge in [0.1, 0.15) is 0 Å². The Labute approximate surface area is 151 Å². The molecule has 6 nitrogen and oxygen atoms in total. The van der Waals surface area contributed by atoms with Crippen LogP contribution in [-0.2, 0) is 11.3 Å². The van der Waals surface area contributed by atoms with Crippen molar-refractivity contribution in [2.45, 2.75) is 13.5 Å². The second-order valence-corrected chi connectivity index (χ2v) is 5.65. The standard InChI is InChI=1S/C20H19N3O3/c1-2-26-20(25)17-5-3-4-6-18(17)22-19(24)16-9-7-15(8-10-16)13-23-12-11-21-14-23/h3-12,14H,2,13H2,1H3,(H,22,24). The normalized spacial score (nSPS) is 10.3. The van der Waals surface area contributed by atoms with Crippen LogP contribution in [0.15, 0.2) is 67.3 Å². The molecule has 1 amide bonds. The number of anilines is 1. The molecule has 3 aromatic rings. The minimum absolute atomic E-state index is 0.277. The quantitative estimate of drug-likeness (QED) is 0.693. The van der Waals surface area contributed by atoms with E-state index >= 15 is 0 Å². The van der Waals surface area contributed by atoms with E-state index in [1.165, 1.54) is 0 Å². The molecule has 0 radical (unpaired) electrons. The number of nitrogens with one attached hydrogen (secondary N) is 1. The first kappa shape index (κ1) is 17.4. The van der Waals surface area contributed by atoms with Crippen LogP contribution in [0.5, 0.6) is 0 Å². The highest BCUT2D eigenvalue weighted by Gasteiger charge is 2.14. The van der Waals surface area contributed by atoms with Crippen molar-refractivity contribution in [3.63, 3.8) is 0 Å². The third-order valence-electron chi connectivity index (χ3n) is 3.81. The Morgan fingerprint density at radius 3 is 2.58 bits per heavy atom. The lowest BCUT2D eigenvalue weighted by Crippen LogP contribution is -2.16. The number of amides is 1. The summed E-state index contributed by atoms with van der Waals surface area (Å²) in [6, 6.07) is 14.1. The highest BCUT2D eigenvalue weighted by Crippen LogP contribution is 2.18. The topological polar surface area (TPSA) is 73.2 Å². The monoisotopic (exact) mass is 349 g/mol. The van der Waals surface area contributed by atoms with Gasteiger partial charge in [-0.2, -0.15) is 0 Å². The van der Waals surface area contributed by atoms with Crippen LogP contribution >= 0.6 is 0 Å². The van der Waals surface area contributed by atoms with E-state index in [4.69, 9.17) is 4.74 Å². The first-order valence-electron chi connectivity index (χ1n) is 8.29. The zero-order valence-electron chi connectivity index (χ0n) is 14.4. The van der Waals surface area contributed by atoms with Crippen LogP contribution in [-0.4, -0.2) is 28.0 Å². The van der Waals surface area contributed by atoms with Crippen LogP contribution in [0.3, 0.4) is 0 Å². The lowest BCUT2D eigenvalue weighted by molar-refractivity contribution is 0.0527. The van der Waals surface area contributed by atoms with Crippen molar-refractivity contribution in [1.29, 1.82) is 0 Å². The number of carbonyl (C=O) groups is 2. The molecule has 6 heteroatoms. The van der Waals surface area contributed by atoms with Crippen LogP contribution in [0.1, 0.15) is 33.2 Å². The molecule has 0 aliphatic rings. The van der Waals surface area contributed by atoms with Crippen molar-refractivity contribution < 1.29 is 14.3 Å². The lowest BCUT2D eigenvalue weighted by Gasteiger charge is -2.11. The molecule has 132 valence electrons. The Kier molecular flexibility index (Phi) is 5.43. The van der Waals surface area contributed by atoms with Gasteiger partial charge < -0.3 is 14.6 Å². The molecule has 1 aromatic heterocycles. The van der Waals surface area contributed by atoms with Gasteiger partial charge in [0.25, 0.3) is 5.91 Å². The number of ether oxygens (including phenoxy) is 1.